The first kappa shape index (κ1) is 15.4. The number of rotatable bonds is 2. The van der Waals surface area contributed by atoms with Crippen LogP contribution in [0, 0.1) is 0 Å². The van der Waals surface area contributed by atoms with Crippen LogP contribution in [0.3, 0.4) is 0 Å². The van der Waals surface area contributed by atoms with E-state index in [4.69, 9.17) is 0 Å². The first-order valence-corrected chi connectivity index (χ1v) is 6.75. The van der Waals surface area contributed by atoms with Gasteiger partial charge in [0.15, 0.2) is 0 Å². The highest BCUT2D eigenvalue weighted by molar-refractivity contribution is 5.98. The summed E-state index contributed by atoms with van der Waals surface area (Å²) in [5.74, 6) is -1.01. The zero-order chi connectivity index (χ0) is 15.6. The number of carbonyl (C=O) groups is 1. The second-order valence-electron chi connectivity index (χ2n) is 4.90. The van der Waals surface area contributed by atoms with Crippen molar-refractivity contribution in [2.75, 3.05) is 11.9 Å². The molecule has 21 heavy (non-hydrogen) atoms. The molecule has 0 unspecified atom stereocenters. The Balaban J connectivity index is 2.60. The fraction of sp³-hybridized carbons (Fsp3) is 0.400. The molecule has 0 radical (unpaired) electrons. The fourth-order valence-corrected chi connectivity index (χ4v) is 2.56. The van der Waals surface area contributed by atoms with E-state index < -0.39 is 17.7 Å². The van der Waals surface area contributed by atoms with E-state index in [1.165, 1.54) is 6.07 Å². The molecule has 0 spiro atoms. The van der Waals surface area contributed by atoms with Gasteiger partial charge >= 0.3 is 12.1 Å². The van der Waals surface area contributed by atoms with Crippen LogP contribution in [0.4, 0.5) is 18.9 Å². The number of allylic oxidation sites excluding steroid dienone is 1. The number of aliphatic carboxylic acids is 1. The van der Waals surface area contributed by atoms with E-state index >= 15 is 0 Å². The van der Waals surface area contributed by atoms with Crippen LogP contribution < -0.4 is 5.32 Å². The summed E-state index contributed by atoms with van der Waals surface area (Å²) in [6, 6.07) is 3.42. The molecule has 1 aromatic rings. The van der Waals surface area contributed by atoms with Crippen LogP contribution in [-0.4, -0.2) is 17.6 Å². The van der Waals surface area contributed by atoms with E-state index in [2.05, 4.69) is 5.32 Å². The lowest BCUT2D eigenvalue weighted by molar-refractivity contribution is -0.137. The minimum Gasteiger partial charge on any atom is -0.478 e. The molecule has 1 heterocycles. The molecule has 0 saturated carbocycles. The average Bonchev–Trinajstić information content (AvgIpc) is 2.60. The Hall–Kier alpha value is -1.98. The Labute approximate surface area is 120 Å². The third kappa shape index (κ3) is 3.20. The van der Waals surface area contributed by atoms with Gasteiger partial charge in [0.25, 0.3) is 0 Å². The van der Waals surface area contributed by atoms with Crippen molar-refractivity contribution in [1.29, 1.82) is 0 Å². The lowest BCUT2D eigenvalue weighted by Gasteiger charge is -2.15. The zero-order valence-electron chi connectivity index (χ0n) is 11.5. The number of fused-ring (bicyclic) bond motifs is 1. The van der Waals surface area contributed by atoms with Crippen molar-refractivity contribution in [2.45, 2.75) is 32.4 Å². The highest BCUT2D eigenvalue weighted by atomic mass is 19.4. The summed E-state index contributed by atoms with van der Waals surface area (Å²) in [6.45, 7) is 2.26. The van der Waals surface area contributed by atoms with Crippen LogP contribution in [0.15, 0.2) is 23.8 Å². The molecule has 6 heteroatoms. The quantitative estimate of drug-likeness (QED) is 0.806. The summed E-state index contributed by atoms with van der Waals surface area (Å²) in [7, 11) is 0. The van der Waals surface area contributed by atoms with Gasteiger partial charge in [-0.2, -0.15) is 13.2 Å². The van der Waals surface area contributed by atoms with E-state index in [-0.39, 0.29) is 5.57 Å². The Morgan fingerprint density at radius 2 is 2.10 bits per heavy atom. The van der Waals surface area contributed by atoms with Gasteiger partial charge in [0.05, 0.1) is 5.56 Å². The summed E-state index contributed by atoms with van der Waals surface area (Å²) in [4.78, 5) is 11.3. The fourth-order valence-electron chi connectivity index (χ4n) is 2.56. The van der Waals surface area contributed by atoms with Crippen molar-refractivity contribution in [2.24, 2.45) is 0 Å². The Morgan fingerprint density at radius 1 is 1.38 bits per heavy atom. The molecule has 2 N–H and O–H groups in total. The number of anilines is 1. The molecule has 0 saturated heterocycles. The van der Waals surface area contributed by atoms with E-state index in [9.17, 15) is 23.1 Å². The van der Waals surface area contributed by atoms with Gasteiger partial charge in [0.1, 0.15) is 0 Å². The SMILES string of the molecule is CCC(C(=O)O)=C1CCCNc2cc(C(F)(F)F)ccc21. The van der Waals surface area contributed by atoms with Crippen molar-refractivity contribution in [3.8, 4) is 0 Å². The minimum absolute atomic E-state index is 0.264. The molecule has 3 nitrogen and oxygen atoms in total. The number of halogens is 3. The van der Waals surface area contributed by atoms with Gasteiger partial charge in [-0.3, -0.25) is 0 Å². The number of carboxylic acids is 1. The Kier molecular flexibility index (Phi) is 4.25. The van der Waals surface area contributed by atoms with Crippen molar-refractivity contribution < 1.29 is 23.1 Å². The molecule has 2 rings (SSSR count). The molecule has 1 aliphatic rings. The van der Waals surface area contributed by atoms with Crippen molar-refractivity contribution in [3.63, 3.8) is 0 Å². The molecule has 0 amide bonds. The Bertz CT molecular complexity index is 591. The van der Waals surface area contributed by atoms with E-state index in [0.717, 1.165) is 12.1 Å². The maximum absolute atomic E-state index is 12.8. The van der Waals surface area contributed by atoms with Crippen molar-refractivity contribution >= 4 is 17.2 Å². The summed E-state index contributed by atoms with van der Waals surface area (Å²) in [5.41, 5.74) is 1.06. The number of hydrogen-bond acceptors (Lipinski definition) is 2. The molecule has 0 aromatic heterocycles. The number of alkyl halides is 3. The molecule has 0 atom stereocenters. The van der Waals surface area contributed by atoms with Crippen molar-refractivity contribution in [3.05, 3.63) is 34.9 Å². The van der Waals surface area contributed by atoms with Gasteiger partial charge in [-0.15, -0.1) is 0 Å². The van der Waals surface area contributed by atoms with Gasteiger partial charge in [0, 0.05) is 23.4 Å². The van der Waals surface area contributed by atoms with E-state index in [1.54, 1.807) is 6.92 Å². The molecular formula is C15H16F3NO2. The molecule has 0 fully saturated rings. The smallest absolute Gasteiger partial charge is 0.416 e. The van der Waals surface area contributed by atoms with Gasteiger partial charge in [-0.05, 0) is 37.0 Å². The number of nitrogens with one attached hydrogen (secondary N) is 1. The lowest BCUT2D eigenvalue weighted by Crippen LogP contribution is -2.08. The van der Waals surface area contributed by atoms with Crippen LogP contribution >= 0.6 is 0 Å². The number of carboxylic acid groups (broad SMARTS) is 1. The highest BCUT2D eigenvalue weighted by Crippen LogP contribution is 2.38. The third-order valence-corrected chi connectivity index (χ3v) is 3.57. The van der Waals surface area contributed by atoms with Gasteiger partial charge in [-0.1, -0.05) is 13.0 Å². The summed E-state index contributed by atoms with van der Waals surface area (Å²) >= 11 is 0. The first-order chi connectivity index (χ1) is 9.84. The molecule has 114 valence electrons. The van der Waals surface area contributed by atoms with Crippen LogP contribution in [0.25, 0.3) is 5.57 Å². The summed E-state index contributed by atoms with van der Waals surface area (Å²) in [6.07, 6.45) is -2.85. The predicted octanol–water partition coefficient (Wildman–Crippen LogP) is 4.16. The second kappa shape index (κ2) is 5.79. The van der Waals surface area contributed by atoms with Crippen LogP contribution in [0.5, 0.6) is 0 Å². The summed E-state index contributed by atoms with van der Waals surface area (Å²) < 4.78 is 38.3. The van der Waals surface area contributed by atoms with E-state index in [0.29, 0.717) is 42.6 Å². The van der Waals surface area contributed by atoms with Crippen LogP contribution in [0.1, 0.15) is 37.3 Å². The molecule has 0 bridgehead atoms. The number of benzene rings is 1. The summed E-state index contributed by atoms with van der Waals surface area (Å²) in [5, 5.41) is 12.2. The second-order valence-corrected chi connectivity index (χ2v) is 4.90. The monoisotopic (exact) mass is 299 g/mol. The lowest BCUT2D eigenvalue weighted by atomic mass is 9.93. The van der Waals surface area contributed by atoms with Gasteiger partial charge < -0.3 is 10.4 Å². The van der Waals surface area contributed by atoms with E-state index in [1.807, 2.05) is 0 Å². The first-order valence-electron chi connectivity index (χ1n) is 6.75. The topological polar surface area (TPSA) is 49.3 Å². The third-order valence-electron chi connectivity index (χ3n) is 3.57. The maximum atomic E-state index is 12.8. The molecular weight excluding hydrogens is 283 g/mol. The number of hydrogen-bond donors (Lipinski definition) is 2. The standard InChI is InChI=1S/C15H16F3NO2/c1-2-10(14(20)21)11-4-3-7-19-13-8-9(15(16,17)18)5-6-12(11)13/h5-6,8,19H,2-4,7H2,1H3,(H,20,21). The minimum atomic E-state index is -4.41. The highest BCUT2D eigenvalue weighted by Gasteiger charge is 2.31. The average molecular weight is 299 g/mol. The Morgan fingerprint density at radius 3 is 2.67 bits per heavy atom. The molecule has 1 aromatic carbocycles. The van der Waals surface area contributed by atoms with Crippen LogP contribution in [0.2, 0.25) is 0 Å². The normalized spacial score (nSPS) is 17.5. The largest absolute Gasteiger partial charge is 0.478 e. The molecule has 0 aliphatic carbocycles. The van der Waals surface area contributed by atoms with Crippen LogP contribution in [-0.2, 0) is 11.0 Å². The van der Waals surface area contributed by atoms with Gasteiger partial charge in [-0.25, -0.2) is 4.79 Å². The zero-order valence-corrected chi connectivity index (χ0v) is 11.5. The molecule has 1 aliphatic heterocycles. The van der Waals surface area contributed by atoms with Gasteiger partial charge in [0.2, 0.25) is 0 Å². The maximum Gasteiger partial charge on any atom is 0.416 e. The van der Waals surface area contributed by atoms with Crippen molar-refractivity contribution in [1.82, 2.24) is 0 Å². The predicted molar refractivity (Wildman–Crippen MR) is 74.0 cm³/mol.